The van der Waals surface area contributed by atoms with Gasteiger partial charge in [0.1, 0.15) is 5.75 Å². The number of fused-ring (bicyclic) bond motifs is 1. The molecule has 0 fully saturated rings. The van der Waals surface area contributed by atoms with Gasteiger partial charge in [0.25, 0.3) is 0 Å². The van der Waals surface area contributed by atoms with Crippen LogP contribution in [-0.4, -0.2) is 18.2 Å². The van der Waals surface area contributed by atoms with E-state index in [1.54, 1.807) is 19.2 Å². The molecule has 1 N–H and O–H groups in total. The number of carboxylic acids is 1. The summed E-state index contributed by atoms with van der Waals surface area (Å²) >= 11 is 0. The summed E-state index contributed by atoms with van der Waals surface area (Å²) in [5, 5.41) is 10.8. The Balaban J connectivity index is 2.78. The molecule has 0 aliphatic carbocycles. The lowest BCUT2D eigenvalue weighted by Crippen LogP contribution is -1.99. The lowest BCUT2D eigenvalue weighted by atomic mass is 9.96. The number of ether oxygens (including phenoxy) is 1. The van der Waals surface area contributed by atoms with E-state index >= 15 is 0 Å². The van der Waals surface area contributed by atoms with Gasteiger partial charge in [-0.25, -0.2) is 4.79 Å². The van der Waals surface area contributed by atoms with Crippen molar-refractivity contribution in [2.45, 2.75) is 19.8 Å². The Bertz CT molecular complexity index is 600. The van der Waals surface area contributed by atoms with Crippen LogP contribution in [0.5, 0.6) is 5.75 Å². The summed E-state index contributed by atoms with van der Waals surface area (Å²) < 4.78 is 5.36. The molecule has 0 spiro atoms. The summed E-state index contributed by atoms with van der Waals surface area (Å²) in [6, 6.07) is 9.12. The van der Waals surface area contributed by atoms with Gasteiger partial charge in [0.05, 0.1) is 12.7 Å². The van der Waals surface area contributed by atoms with Crippen molar-refractivity contribution in [1.82, 2.24) is 0 Å². The molecule has 0 radical (unpaired) electrons. The highest BCUT2D eigenvalue weighted by Gasteiger charge is 2.13. The van der Waals surface area contributed by atoms with E-state index in [2.05, 4.69) is 13.8 Å². The summed E-state index contributed by atoms with van der Waals surface area (Å²) in [5.74, 6) is 0.156. The van der Waals surface area contributed by atoms with Crippen LogP contribution in [0.3, 0.4) is 0 Å². The van der Waals surface area contributed by atoms with Crippen molar-refractivity contribution < 1.29 is 14.6 Å². The molecule has 18 heavy (non-hydrogen) atoms. The summed E-state index contributed by atoms with van der Waals surface area (Å²) in [4.78, 5) is 11.2. The van der Waals surface area contributed by atoms with Crippen LogP contribution in [0.1, 0.15) is 35.7 Å². The Morgan fingerprint density at radius 2 is 2.00 bits per heavy atom. The molecular weight excluding hydrogens is 228 g/mol. The largest absolute Gasteiger partial charge is 0.496 e. The van der Waals surface area contributed by atoms with Crippen molar-refractivity contribution >= 4 is 16.7 Å². The van der Waals surface area contributed by atoms with E-state index in [-0.39, 0.29) is 0 Å². The minimum atomic E-state index is -0.917. The van der Waals surface area contributed by atoms with Gasteiger partial charge in [0.2, 0.25) is 0 Å². The first-order valence-electron chi connectivity index (χ1n) is 5.88. The topological polar surface area (TPSA) is 46.5 Å². The van der Waals surface area contributed by atoms with Gasteiger partial charge >= 0.3 is 5.97 Å². The van der Waals surface area contributed by atoms with Crippen molar-refractivity contribution in [2.24, 2.45) is 0 Å². The standard InChI is InChI=1S/C15H16O3/c1-9(2)12-7-10-5-4-6-11(15(16)17)13(10)8-14(12)18-3/h4-9H,1-3H3,(H,16,17). The molecule has 3 heteroatoms. The second-order valence-electron chi connectivity index (χ2n) is 4.58. The smallest absolute Gasteiger partial charge is 0.336 e. The molecule has 2 rings (SSSR count). The van der Waals surface area contributed by atoms with Gasteiger partial charge in [-0.1, -0.05) is 26.0 Å². The van der Waals surface area contributed by atoms with Gasteiger partial charge in [0.15, 0.2) is 0 Å². The fourth-order valence-corrected chi connectivity index (χ4v) is 2.14. The molecule has 0 unspecified atom stereocenters. The van der Waals surface area contributed by atoms with E-state index in [9.17, 15) is 9.90 Å². The van der Waals surface area contributed by atoms with Crippen molar-refractivity contribution in [3.05, 3.63) is 41.5 Å². The fourth-order valence-electron chi connectivity index (χ4n) is 2.14. The van der Waals surface area contributed by atoms with Crippen LogP contribution >= 0.6 is 0 Å². The quantitative estimate of drug-likeness (QED) is 0.896. The van der Waals surface area contributed by atoms with Gasteiger partial charge in [-0.3, -0.25) is 0 Å². The maximum absolute atomic E-state index is 11.2. The highest BCUT2D eigenvalue weighted by Crippen LogP contribution is 2.32. The van der Waals surface area contributed by atoms with E-state index in [0.717, 1.165) is 16.7 Å². The molecule has 0 aliphatic heterocycles. The number of carbonyl (C=O) groups is 1. The lowest BCUT2D eigenvalue weighted by Gasteiger charge is -2.14. The molecule has 0 aromatic heterocycles. The van der Waals surface area contributed by atoms with Gasteiger partial charge in [-0.05, 0) is 40.5 Å². The third-order valence-corrected chi connectivity index (χ3v) is 3.08. The molecule has 0 saturated carbocycles. The Labute approximate surface area is 106 Å². The molecule has 0 atom stereocenters. The normalized spacial score (nSPS) is 10.9. The minimum absolute atomic E-state index is 0.307. The van der Waals surface area contributed by atoms with Gasteiger partial charge in [-0.15, -0.1) is 0 Å². The maximum atomic E-state index is 11.2. The zero-order valence-corrected chi connectivity index (χ0v) is 10.7. The van der Waals surface area contributed by atoms with Crippen molar-refractivity contribution in [2.75, 3.05) is 7.11 Å². The van der Waals surface area contributed by atoms with Gasteiger partial charge in [0, 0.05) is 0 Å². The van der Waals surface area contributed by atoms with Gasteiger partial charge < -0.3 is 9.84 Å². The summed E-state index contributed by atoms with van der Waals surface area (Å²) in [6.45, 7) is 4.18. The van der Waals surface area contributed by atoms with Crippen LogP contribution in [0, 0.1) is 0 Å². The second kappa shape index (κ2) is 4.69. The fraction of sp³-hybridized carbons (Fsp3) is 0.267. The van der Waals surface area contributed by atoms with E-state index in [1.165, 1.54) is 0 Å². The van der Waals surface area contributed by atoms with Gasteiger partial charge in [-0.2, -0.15) is 0 Å². The zero-order chi connectivity index (χ0) is 13.3. The third kappa shape index (κ3) is 2.04. The summed E-state index contributed by atoms with van der Waals surface area (Å²) in [7, 11) is 1.61. The monoisotopic (exact) mass is 244 g/mol. The van der Waals surface area contributed by atoms with E-state index in [0.29, 0.717) is 16.9 Å². The van der Waals surface area contributed by atoms with Crippen molar-refractivity contribution in [3.63, 3.8) is 0 Å². The first kappa shape index (κ1) is 12.4. The lowest BCUT2D eigenvalue weighted by molar-refractivity contribution is 0.0699. The molecule has 94 valence electrons. The molecule has 0 saturated heterocycles. The maximum Gasteiger partial charge on any atom is 0.336 e. The number of benzene rings is 2. The molecule has 3 nitrogen and oxygen atoms in total. The molecular formula is C15H16O3. The molecule has 0 aliphatic rings. The first-order chi connectivity index (χ1) is 8.54. The molecule has 2 aromatic carbocycles. The van der Waals surface area contributed by atoms with Crippen molar-refractivity contribution in [1.29, 1.82) is 0 Å². The van der Waals surface area contributed by atoms with Crippen LogP contribution in [0.4, 0.5) is 0 Å². The first-order valence-corrected chi connectivity index (χ1v) is 5.88. The number of carboxylic acid groups (broad SMARTS) is 1. The van der Waals surface area contributed by atoms with E-state index in [4.69, 9.17) is 4.74 Å². The number of hydrogen-bond donors (Lipinski definition) is 1. The van der Waals surface area contributed by atoms with Crippen LogP contribution in [0.25, 0.3) is 10.8 Å². The van der Waals surface area contributed by atoms with Crippen LogP contribution < -0.4 is 4.74 Å². The zero-order valence-electron chi connectivity index (χ0n) is 10.7. The molecule has 0 amide bonds. The van der Waals surface area contributed by atoms with Crippen LogP contribution in [0.15, 0.2) is 30.3 Å². The Morgan fingerprint density at radius 3 is 2.56 bits per heavy atom. The minimum Gasteiger partial charge on any atom is -0.496 e. The third-order valence-electron chi connectivity index (χ3n) is 3.08. The Kier molecular flexibility index (Phi) is 3.24. The average molecular weight is 244 g/mol. The number of hydrogen-bond acceptors (Lipinski definition) is 2. The highest BCUT2D eigenvalue weighted by atomic mass is 16.5. The summed E-state index contributed by atoms with van der Waals surface area (Å²) in [5.41, 5.74) is 1.40. The van der Waals surface area contributed by atoms with Crippen LogP contribution in [-0.2, 0) is 0 Å². The average Bonchev–Trinajstić information content (AvgIpc) is 2.35. The molecule has 0 heterocycles. The number of aromatic carboxylic acids is 1. The number of rotatable bonds is 3. The Hall–Kier alpha value is -2.03. The van der Waals surface area contributed by atoms with E-state index in [1.807, 2.05) is 18.2 Å². The summed E-state index contributed by atoms with van der Waals surface area (Å²) in [6.07, 6.45) is 0. The Morgan fingerprint density at radius 1 is 1.28 bits per heavy atom. The van der Waals surface area contributed by atoms with Crippen molar-refractivity contribution in [3.8, 4) is 5.75 Å². The second-order valence-corrected chi connectivity index (χ2v) is 4.58. The van der Waals surface area contributed by atoms with E-state index < -0.39 is 5.97 Å². The SMILES string of the molecule is COc1cc2c(C(=O)O)cccc2cc1C(C)C. The predicted octanol–water partition coefficient (Wildman–Crippen LogP) is 3.67. The predicted molar refractivity (Wildman–Crippen MR) is 71.5 cm³/mol. The molecule has 2 aromatic rings. The molecule has 0 bridgehead atoms. The van der Waals surface area contributed by atoms with Crippen LogP contribution in [0.2, 0.25) is 0 Å². The number of methoxy groups -OCH3 is 1. The highest BCUT2D eigenvalue weighted by molar-refractivity contribution is 6.04.